The molecule has 1 aliphatic rings. The molecule has 16 heavy (non-hydrogen) atoms. The van der Waals surface area contributed by atoms with E-state index in [9.17, 15) is 5.11 Å². The number of allylic oxidation sites excluding steroid dienone is 1. The second-order valence-corrected chi connectivity index (χ2v) is 3.77. The summed E-state index contributed by atoms with van der Waals surface area (Å²) >= 11 is 6.13. The van der Waals surface area contributed by atoms with Crippen LogP contribution in [0.1, 0.15) is 10.9 Å². The number of nitriles is 1. The highest BCUT2D eigenvalue weighted by Crippen LogP contribution is 2.42. The molecule has 1 aromatic carbocycles. The molecular weight excluding hydrogens is 228 g/mol. The number of phenolic OH excluding ortho intramolecular Hbond substituents is 1. The van der Waals surface area contributed by atoms with Crippen molar-refractivity contribution in [3.8, 4) is 17.6 Å². The molecule has 2 N–H and O–H groups in total. The third kappa shape index (κ3) is 1.55. The summed E-state index contributed by atoms with van der Waals surface area (Å²) in [6.45, 7) is 0. The summed E-state index contributed by atoms with van der Waals surface area (Å²) in [6, 6.07) is 5.16. The van der Waals surface area contributed by atoms with Gasteiger partial charge in [-0.05, 0) is 6.07 Å². The van der Waals surface area contributed by atoms with Crippen molar-refractivity contribution in [3.05, 3.63) is 29.5 Å². The van der Waals surface area contributed by atoms with Gasteiger partial charge in [0.1, 0.15) is 0 Å². The van der Waals surface area contributed by atoms with Crippen molar-refractivity contribution in [1.82, 2.24) is 0 Å². The number of nitrogens with zero attached hydrogens (tertiary/aromatic N) is 1. The number of aromatic hydroxyl groups is 1. The zero-order valence-electron chi connectivity index (χ0n) is 8.49. The monoisotopic (exact) mass is 236 g/mol. The maximum atomic E-state index is 9.58. The summed E-state index contributed by atoms with van der Waals surface area (Å²) in [6.07, 6.45) is 1.53. The molecule has 1 heterocycles. The lowest BCUT2D eigenvalue weighted by atomic mass is 10.0. The lowest BCUT2D eigenvalue weighted by Crippen LogP contribution is -2.07. The number of anilines is 1. The van der Waals surface area contributed by atoms with Crippen LogP contribution in [-0.2, 0) is 0 Å². The third-order valence-corrected chi connectivity index (χ3v) is 2.88. The number of ether oxygens (including phenoxy) is 1. The average molecular weight is 237 g/mol. The molecular formula is C11H9ClN2O2. The van der Waals surface area contributed by atoms with Gasteiger partial charge in [-0.15, -0.1) is 11.6 Å². The number of methoxy groups -OCH3 is 1. The second-order valence-electron chi connectivity index (χ2n) is 3.33. The van der Waals surface area contributed by atoms with Crippen LogP contribution < -0.4 is 10.1 Å². The fourth-order valence-electron chi connectivity index (χ4n) is 1.57. The van der Waals surface area contributed by atoms with E-state index in [-0.39, 0.29) is 5.75 Å². The van der Waals surface area contributed by atoms with Crippen molar-refractivity contribution in [2.45, 2.75) is 5.38 Å². The lowest BCUT2D eigenvalue weighted by molar-refractivity contribution is 0.373. The average Bonchev–Trinajstić information content (AvgIpc) is 2.29. The maximum Gasteiger partial charge on any atom is 0.160 e. The molecule has 0 amide bonds. The predicted molar refractivity (Wildman–Crippen MR) is 60.6 cm³/mol. The Labute approximate surface area is 97.7 Å². The highest BCUT2D eigenvalue weighted by Gasteiger charge is 2.23. The number of benzene rings is 1. The van der Waals surface area contributed by atoms with Crippen LogP contribution in [0.15, 0.2) is 23.9 Å². The molecule has 1 unspecified atom stereocenters. The largest absolute Gasteiger partial charge is 0.504 e. The first kappa shape index (κ1) is 10.7. The van der Waals surface area contributed by atoms with Crippen LogP contribution in [0.5, 0.6) is 11.5 Å². The zero-order valence-corrected chi connectivity index (χ0v) is 9.25. The standard InChI is InChI=1S/C11H9ClN2O2/c1-16-10-2-7-8(3-9(10)15)14-5-6(4-13)11(7)12/h2-3,5,11,14-15H,1H3. The van der Waals surface area contributed by atoms with E-state index in [1.807, 2.05) is 6.07 Å². The molecule has 5 heteroatoms. The van der Waals surface area contributed by atoms with Crippen molar-refractivity contribution in [2.75, 3.05) is 12.4 Å². The van der Waals surface area contributed by atoms with Gasteiger partial charge in [-0.3, -0.25) is 0 Å². The minimum Gasteiger partial charge on any atom is -0.504 e. The number of rotatable bonds is 1. The van der Waals surface area contributed by atoms with Gasteiger partial charge in [0.25, 0.3) is 0 Å². The van der Waals surface area contributed by atoms with E-state index in [2.05, 4.69) is 5.32 Å². The number of alkyl halides is 1. The SMILES string of the molecule is COc1cc2c(cc1O)NC=C(C#N)C2Cl. The molecule has 4 nitrogen and oxygen atoms in total. The Morgan fingerprint density at radius 1 is 1.56 bits per heavy atom. The Morgan fingerprint density at radius 2 is 2.31 bits per heavy atom. The Balaban J connectivity index is 2.52. The normalized spacial score (nSPS) is 17.8. The molecule has 0 spiro atoms. The fraction of sp³-hybridized carbons (Fsp3) is 0.182. The van der Waals surface area contributed by atoms with Crippen LogP contribution in [0, 0.1) is 11.3 Å². The Kier molecular flexibility index (Phi) is 2.63. The topological polar surface area (TPSA) is 65.3 Å². The molecule has 1 aromatic rings. The first-order valence-corrected chi connectivity index (χ1v) is 5.02. The number of hydrogen-bond acceptors (Lipinski definition) is 4. The molecule has 0 aliphatic carbocycles. The van der Waals surface area contributed by atoms with Crippen molar-refractivity contribution in [1.29, 1.82) is 5.26 Å². The first-order valence-electron chi connectivity index (χ1n) is 4.59. The minimum atomic E-state index is -0.518. The van der Waals surface area contributed by atoms with Crippen LogP contribution in [-0.4, -0.2) is 12.2 Å². The van der Waals surface area contributed by atoms with E-state index >= 15 is 0 Å². The summed E-state index contributed by atoms with van der Waals surface area (Å²) in [5, 5.41) is 20.8. The van der Waals surface area contributed by atoms with Gasteiger partial charge in [0.15, 0.2) is 11.5 Å². The first-order chi connectivity index (χ1) is 7.67. The molecule has 0 bridgehead atoms. The Bertz CT molecular complexity index is 505. The van der Waals surface area contributed by atoms with Gasteiger partial charge in [0.2, 0.25) is 0 Å². The molecule has 82 valence electrons. The van der Waals surface area contributed by atoms with E-state index in [1.54, 1.807) is 6.07 Å². The van der Waals surface area contributed by atoms with Gasteiger partial charge in [-0.2, -0.15) is 5.26 Å². The van der Waals surface area contributed by atoms with Crippen molar-refractivity contribution >= 4 is 17.3 Å². The molecule has 0 saturated heterocycles. The third-order valence-electron chi connectivity index (χ3n) is 2.41. The summed E-state index contributed by atoms with van der Waals surface area (Å²) in [4.78, 5) is 0. The summed E-state index contributed by atoms with van der Waals surface area (Å²) in [5.74, 6) is 0.372. The van der Waals surface area contributed by atoms with E-state index in [0.29, 0.717) is 17.0 Å². The second kappa shape index (κ2) is 3.95. The van der Waals surface area contributed by atoms with Gasteiger partial charge in [0, 0.05) is 23.5 Å². The van der Waals surface area contributed by atoms with Crippen LogP contribution in [0.2, 0.25) is 0 Å². The predicted octanol–water partition coefficient (Wildman–Crippen LogP) is 2.51. The van der Waals surface area contributed by atoms with Crippen molar-refractivity contribution in [2.24, 2.45) is 0 Å². The smallest absolute Gasteiger partial charge is 0.160 e. The molecule has 2 rings (SSSR count). The molecule has 0 aromatic heterocycles. The van der Waals surface area contributed by atoms with Crippen LogP contribution in [0.25, 0.3) is 0 Å². The molecule has 0 fully saturated rings. The maximum absolute atomic E-state index is 9.58. The Hall–Kier alpha value is -1.86. The van der Waals surface area contributed by atoms with Gasteiger partial charge in [-0.1, -0.05) is 0 Å². The quantitative estimate of drug-likeness (QED) is 0.736. The number of halogens is 1. The van der Waals surface area contributed by atoms with Crippen LogP contribution >= 0.6 is 11.6 Å². The van der Waals surface area contributed by atoms with Crippen molar-refractivity contribution < 1.29 is 9.84 Å². The summed E-state index contributed by atoms with van der Waals surface area (Å²) in [7, 11) is 1.46. The summed E-state index contributed by atoms with van der Waals surface area (Å²) in [5.41, 5.74) is 1.83. The zero-order chi connectivity index (χ0) is 11.7. The van der Waals surface area contributed by atoms with E-state index in [4.69, 9.17) is 21.6 Å². The molecule has 1 aliphatic heterocycles. The molecule has 0 radical (unpaired) electrons. The van der Waals surface area contributed by atoms with E-state index in [0.717, 1.165) is 5.56 Å². The fourth-order valence-corrected chi connectivity index (χ4v) is 1.86. The highest BCUT2D eigenvalue weighted by atomic mass is 35.5. The van der Waals surface area contributed by atoms with Crippen molar-refractivity contribution in [3.63, 3.8) is 0 Å². The lowest BCUT2D eigenvalue weighted by Gasteiger charge is -2.20. The molecule has 0 saturated carbocycles. The van der Waals surface area contributed by atoms with Gasteiger partial charge in [-0.25, -0.2) is 0 Å². The van der Waals surface area contributed by atoms with E-state index < -0.39 is 5.38 Å². The number of hydrogen-bond donors (Lipinski definition) is 2. The highest BCUT2D eigenvalue weighted by molar-refractivity contribution is 6.23. The molecule has 1 atom stereocenters. The number of phenols is 1. The van der Waals surface area contributed by atoms with Gasteiger partial charge in [0.05, 0.1) is 24.1 Å². The van der Waals surface area contributed by atoms with E-state index in [1.165, 1.54) is 19.4 Å². The number of nitrogens with one attached hydrogen (secondary N) is 1. The van der Waals surface area contributed by atoms with Gasteiger partial charge < -0.3 is 15.2 Å². The summed E-state index contributed by atoms with van der Waals surface area (Å²) < 4.78 is 4.99. The Morgan fingerprint density at radius 3 is 2.94 bits per heavy atom. The van der Waals surface area contributed by atoms with Gasteiger partial charge >= 0.3 is 0 Å². The number of fused-ring (bicyclic) bond motifs is 1. The van der Waals surface area contributed by atoms with Crippen LogP contribution in [0.3, 0.4) is 0 Å². The van der Waals surface area contributed by atoms with Crippen LogP contribution in [0.4, 0.5) is 5.69 Å². The minimum absolute atomic E-state index is 0.0337.